The fraction of sp³-hybridized carbons (Fsp3) is 0.455. The molecule has 0 spiro atoms. The monoisotopic (exact) mass is 336 g/mol. The van der Waals surface area contributed by atoms with Gasteiger partial charge in [0, 0.05) is 10.5 Å². The van der Waals surface area contributed by atoms with E-state index in [-0.39, 0.29) is 21.1 Å². The number of anilines is 1. The fourth-order valence-corrected chi connectivity index (χ4v) is 4.22. The average Bonchev–Trinajstić information content (AvgIpc) is 3.00. The maximum absolute atomic E-state index is 13.2. The van der Waals surface area contributed by atoms with Crippen LogP contribution < -0.4 is 10.5 Å². The minimum atomic E-state index is -3.65. The number of sulfonamides is 1. The van der Waals surface area contributed by atoms with Gasteiger partial charge in [0.15, 0.2) is 0 Å². The highest BCUT2D eigenvalue weighted by Gasteiger charge is 2.39. The second kappa shape index (κ2) is 4.79. The van der Waals surface area contributed by atoms with Gasteiger partial charge < -0.3 is 5.73 Å². The molecule has 0 aliphatic heterocycles. The number of benzene rings is 1. The van der Waals surface area contributed by atoms with Crippen molar-refractivity contribution < 1.29 is 12.8 Å². The van der Waals surface area contributed by atoms with Crippen molar-refractivity contribution in [1.29, 1.82) is 0 Å². The van der Waals surface area contributed by atoms with Crippen LogP contribution in [0.5, 0.6) is 0 Å². The molecular formula is C11H14BrFN2O2S. The molecule has 0 aromatic heterocycles. The number of nitrogen functional groups attached to an aromatic ring is 1. The lowest BCUT2D eigenvalue weighted by atomic mass is 10.3. The predicted molar refractivity (Wildman–Crippen MR) is 71.0 cm³/mol. The second-order valence-electron chi connectivity index (χ2n) is 4.44. The smallest absolute Gasteiger partial charge is 0.242 e. The lowest BCUT2D eigenvalue weighted by molar-refractivity contribution is 0.574. The van der Waals surface area contributed by atoms with Crippen LogP contribution in [-0.2, 0) is 10.0 Å². The molecule has 0 bridgehead atoms. The number of halogens is 2. The van der Waals surface area contributed by atoms with Crippen LogP contribution in [-0.4, -0.2) is 14.5 Å². The summed E-state index contributed by atoms with van der Waals surface area (Å²) < 4.78 is 40.2. The van der Waals surface area contributed by atoms with E-state index in [1.54, 1.807) is 0 Å². The van der Waals surface area contributed by atoms with Crippen LogP contribution in [0.25, 0.3) is 0 Å². The maximum atomic E-state index is 13.2. The van der Waals surface area contributed by atoms with Gasteiger partial charge in [0.1, 0.15) is 5.82 Å². The van der Waals surface area contributed by atoms with Gasteiger partial charge in [-0.2, -0.15) is 0 Å². The molecule has 2 unspecified atom stereocenters. The summed E-state index contributed by atoms with van der Waals surface area (Å²) in [6, 6.07) is 2.18. The summed E-state index contributed by atoms with van der Waals surface area (Å²) in [7, 11) is -3.65. The van der Waals surface area contributed by atoms with Gasteiger partial charge in [-0.3, -0.25) is 0 Å². The van der Waals surface area contributed by atoms with Crippen LogP contribution in [0.4, 0.5) is 10.1 Å². The summed E-state index contributed by atoms with van der Waals surface area (Å²) in [4.78, 5) is -0.0249. The Hall–Kier alpha value is -0.660. The molecule has 1 aromatic carbocycles. The topological polar surface area (TPSA) is 72.2 Å². The van der Waals surface area contributed by atoms with Gasteiger partial charge in [-0.1, -0.05) is 13.3 Å². The highest BCUT2D eigenvalue weighted by Crippen LogP contribution is 2.35. The van der Waals surface area contributed by atoms with Crippen molar-refractivity contribution in [1.82, 2.24) is 4.72 Å². The Kier molecular flexibility index (Phi) is 3.66. The third kappa shape index (κ3) is 2.67. The second-order valence-corrected chi connectivity index (χ2v) is 6.97. The Bertz CT molecular complexity index is 577. The molecule has 7 heteroatoms. The number of hydrogen-bond donors (Lipinski definition) is 2. The van der Waals surface area contributed by atoms with E-state index in [4.69, 9.17) is 5.73 Å². The lowest BCUT2D eigenvalue weighted by Gasteiger charge is -2.09. The summed E-state index contributed by atoms with van der Waals surface area (Å²) in [6.45, 7) is 2.02. The largest absolute Gasteiger partial charge is 0.396 e. The average molecular weight is 337 g/mol. The van der Waals surface area contributed by atoms with Crippen LogP contribution >= 0.6 is 15.9 Å². The number of rotatable bonds is 4. The summed E-state index contributed by atoms with van der Waals surface area (Å²) in [5.74, 6) is -0.241. The van der Waals surface area contributed by atoms with E-state index >= 15 is 0 Å². The van der Waals surface area contributed by atoms with Crippen LogP contribution in [0.1, 0.15) is 19.8 Å². The summed E-state index contributed by atoms with van der Waals surface area (Å²) in [5, 5.41) is 0. The molecule has 1 aliphatic carbocycles. The normalized spacial score (nSPS) is 23.1. The van der Waals surface area contributed by atoms with E-state index in [1.807, 2.05) is 6.92 Å². The Morgan fingerprint density at radius 3 is 2.78 bits per heavy atom. The molecule has 1 fully saturated rings. The van der Waals surface area contributed by atoms with Gasteiger partial charge in [0.05, 0.1) is 10.6 Å². The third-order valence-corrected chi connectivity index (χ3v) is 5.54. The molecule has 2 atom stereocenters. The SMILES string of the molecule is CCC1CC1NS(=O)(=O)c1cc(N)c(F)cc1Br. The first-order valence-corrected chi connectivity index (χ1v) is 7.89. The highest BCUT2D eigenvalue weighted by molar-refractivity contribution is 9.10. The molecule has 0 amide bonds. The van der Waals surface area contributed by atoms with Gasteiger partial charge in [0.2, 0.25) is 10.0 Å². The molecule has 18 heavy (non-hydrogen) atoms. The fourth-order valence-electron chi connectivity index (χ4n) is 1.86. The molecule has 0 radical (unpaired) electrons. The number of hydrogen-bond acceptors (Lipinski definition) is 3. The summed E-state index contributed by atoms with van der Waals surface area (Å²) in [5.41, 5.74) is 5.22. The predicted octanol–water partition coefficient (Wildman–Crippen LogP) is 2.25. The zero-order chi connectivity index (χ0) is 13.5. The van der Waals surface area contributed by atoms with Crippen LogP contribution in [0.2, 0.25) is 0 Å². The Labute approximate surface area is 114 Å². The molecule has 2 rings (SSSR count). The van der Waals surface area contributed by atoms with E-state index in [0.717, 1.165) is 25.0 Å². The number of nitrogens with two attached hydrogens (primary N) is 1. The van der Waals surface area contributed by atoms with Crippen molar-refractivity contribution in [2.75, 3.05) is 5.73 Å². The van der Waals surface area contributed by atoms with Gasteiger partial charge in [-0.15, -0.1) is 0 Å². The molecule has 1 saturated carbocycles. The van der Waals surface area contributed by atoms with Crippen LogP contribution in [0, 0.1) is 11.7 Å². The van der Waals surface area contributed by atoms with E-state index in [0.29, 0.717) is 5.92 Å². The minimum absolute atomic E-state index is 0.0156. The minimum Gasteiger partial charge on any atom is -0.396 e. The molecule has 3 N–H and O–H groups in total. The van der Waals surface area contributed by atoms with Gasteiger partial charge in [-0.25, -0.2) is 17.5 Å². The van der Waals surface area contributed by atoms with E-state index in [1.165, 1.54) is 0 Å². The van der Waals surface area contributed by atoms with Crippen molar-refractivity contribution in [3.63, 3.8) is 0 Å². The van der Waals surface area contributed by atoms with Gasteiger partial charge >= 0.3 is 0 Å². The molecule has 4 nitrogen and oxygen atoms in total. The lowest BCUT2D eigenvalue weighted by Crippen LogP contribution is -2.27. The third-order valence-electron chi connectivity index (χ3n) is 3.09. The Morgan fingerprint density at radius 2 is 2.22 bits per heavy atom. The molecule has 1 aliphatic rings. The molecule has 0 saturated heterocycles. The van der Waals surface area contributed by atoms with Crippen molar-refractivity contribution >= 4 is 31.6 Å². The van der Waals surface area contributed by atoms with Gasteiger partial charge in [0.25, 0.3) is 0 Å². The zero-order valence-electron chi connectivity index (χ0n) is 9.78. The Morgan fingerprint density at radius 1 is 1.56 bits per heavy atom. The quantitative estimate of drug-likeness (QED) is 0.828. The highest BCUT2D eigenvalue weighted by atomic mass is 79.9. The molecule has 100 valence electrons. The zero-order valence-corrected chi connectivity index (χ0v) is 12.2. The van der Waals surface area contributed by atoms with Crippen molar-refractivity contribution in [2.24, 2.45) is 5.92 Å². The Balaban J connectivity index is 2.27. The van der Waals surface area contributed by atoms with Crippen LogP contribution in [0.3, 0.4) is 0 Å². The number of nitrogens with one attached hydrogen (secondary N) is 1. The van der Waals surface area contributed by atoms with Crippen molar-refractivity contribution in [2.45, 2.75) is 30.7 Å². The summed E-state index contributed by atoms with van der Waals surface area (Å²) in [6.07, 6.45) is 1.80. The first kappa shape index (κ1) is 13.8. The van der Waals surface area contributed by atoms with E-state index in [2.05, 4.69) is 20.7 Å². The van der Waals surface area contributed by atoms with Crippen molar-refractivity contribution in [3.8, 4) is 0 Å². The first-order chi connectivity index (χ1) is 8.35. The summed E-state index contributed by atoms with van der Waals surface area (Å²) >= 11 is 3.04. The van der Waals surface area contributed by atoms with Crippen LogP contribution in [0.15, 0.2) is 21.5 Å². The molecular weight excluding hydrogens is 323 g/mol. The van der Waals surface area contributed by atoms with E-state index < -0.39 is 15.8 Å². The molecule has 1 aromatic rings. The maximum Gasteiger partial charge on any atom is 0.242 e. The first-order valence-electron chi connectivity index (χ1n) is 5.62. The standard InChI is InChI=1S/C11H14BrFN2O2S/c1-2-6-3-10(6)15-18(16,17)11-5-9(14)8(13)4-7(11)12/h4-6,10,15H,2-3,14H2,1H3. The molecule has 0 heterocycles. The van der Waals surface area contributed by atoms with E-state index in [9.17, 15) is 12.8 Å². The van der Waals surface area contributed by atoms with Gasteiger partial charge in [-0.05, 0) is 40.4 Å². The van der Waals surface area contributed by atoms with Crippen molar-refractivity contribution in [3.05, 3.63) is 22.4 Å².